The Labute approximate surface area is 149 Å². The van der Waals surface area contributed by atoms with Crippen LogP contribution in [0.15, 0.2) is 54.6 Å². The Morgan fingerprint density at radius 2 is 1.22 bits per heavy atom. The van der Waals surface area contributed by atoms with Crippen LogP contribution >= 0.6 is 0 Å². The summed E-state index contributed by atoms with van der Waals surface area (Å²) in [5.41, 5.74) is 4.26. The van der Waals surface area contributed by atoms with Crippen molar-refractivity contribution >= 4 is 5.69 Å². The molecule has 0 saturated carbocycles. The lowest BCUT2D eigenvalue weighted by atomic mass is 10.1. The highest BCUT2D eigenvalue weighted by molar-refractivity contribution is 5.66. The van der Waals surface area contributed by atoms with Crippen molar-refractivity contribution in [1.29, 1.82) is 0 Å². The molecule has 0 spiro atoms. The largest absolute Gasteiger partial charge is 0.433 e. The van der Waals surface area contributed by atoms with Crippen molar-refractivity contribution in [3.8, 4) is 22.6 Å². The Hall–Kier alpha value is -3.10. The molecule has 27 heavy (non-hydrogen) atoms. The summed E-state index contributed by atoms with van der Waals surface area (Å²) in [5.74, 6) is -0.328. The zero-order valence-corrected chi connectivity index (χ0v) is 13.4. The van der Waals surface area contributed by atoms with Crippen molar-refractivity contribution in [2.45, 2.75) is 12.4 Å². The van der Waals surface area contributed by atoms with Gasteiger partial charge in [0.05, 0.1) is 11.3 Å². The van der Waals surface area contributed by atoms with Crippen LogP contribution in [0.1, 0.15) is 11.3 Å². The lowest BCUT2D eigenvalue weighted by Gasteiger charge is -2.12. The molecule has 3 aromatic rings. The van der Waals surface area contributed by atoms with Gasteiger partial charge in [-0.1, -0.05) is 24.3 Å². The number of hydrogen-bond donors (Lipinski definition) is 1. The second-order valence-electron chi connectivity index (χ2n) is 5.66. The first-order valence-electron chi connectivity index (χ1n) is 7.54. The molecule has 1 heterocycles. The Bertz CT molecular complexity index is 945. The lowest BCUT2D eigenvalue weighted by molar-refractivity contribution is -0.141. The van der Waals surface area contributed by atoms with Gasteiger partial charge >= 0.3 is 12.4 Å². The van der Waals surface area contributed by atoms with Crippen LogP contribution in [0.2, 0.25) is 0 Å². The first-order chi connectivity index (χ1) is 12.5. The maximum absolute atomic E-state index is 13.2. The number of benzene rings is 2. The number of aromatic nitrogens is 2. The third kappa shape index (κ3) is 4.18. The molecular formula is C18H11F6N3. The van der Waals surface area contributed by atoms with Gasteiger partial charge in [0.25, 0.3) is 0 Å². The number of halogens is 6. The zero-order chi connectivity index (χ0) is 19.8. The molecule has 0 unspecified atom stereocenters. The minimum Gasteiger partial charge on any atom is -0.399 e. The zero-order valence-electron chi connectivity index (χ0n) is 13.4. The van der Waals surface area contributed by atoms with Crippen molar-refractivity contribution in [3.05, 3.63) is 65.9 Å². The molecule has 9 heteroatoms. The quantitative estimate of drug-likeness (QED) is 0.474. The first kappa shape index (κ1) is 18.7. The molecule has 0 bridgehead atoms. The van der Waals surface area contributed by atoms with Gasteiger partial charge in [-0.05, 0) is 30.3 Å². The molecule has 0 saturated heterocycles. The number of hydrogen-bond acceptors (Lipinski definition) is 3. The van der Waals surface area contributed by atoms with Gasteiger partial charge in [0, 0.05) is 16.8 Å². The SMILES string of the molecule is Nc1ccc(-c2cc(C(F)(F)F)nc(-c3ccc(C(F)(F)F)cc3)n2)cc1. The highest BCUT2D eigenvalue weighted by Gasteiger charge is 2.34. The first-order valence-corrected chi connectivity index (χ1v) is 7.54. The van der Waals surface area contributed by atoms with Crippen molar-refractivity contribution < 1.29 is 26.3 Å². The smallest absolute Gasteiger partial charge is 0.399 e. The van der Waals surface area contributed by atoms with E-state index in [-0.39, 0.29) is 17.1 Å². The van der Waals surface area contributed by atoms with Crippen LogP contribution in [0.5, 0.6) is 0 Å². The van der Waals surface area contributed by atoms with E-state index in [1.54, 1.807) is 0 Å². The Morgan fingerprint density at radius 3 is 1.74 bits per heavy atom. The van der Waals surface area contributed by atoms with Gasteiger partial charge in [0.1, 0.15) is 5.69 Å². The number of nitrogens with two attached hydrogens (primary N) is 1. The lowest BCUT2D eigenvalue weighted by Crippen LogP contribution is -2.10. The highest BCUT2D eigenvalue weighted by atomic mass is 19.4. The average Bonchev–Trinajstić information content (AvgIpc) is 2.60. The summed E-state index contributed by atoms with van der Waals surface area (Å²) in [4.78, 5) is 7.54. The molecule has 3 nitrogen and oxygen atoms in total. The Balaban J connectivity index is 2.12. The molecule has 0 atom stereocenters. The third-order valence-electron chi connectivity index (χ3n) is 3.69. The Kier molecular flexibility index (Phi) is 4.54. The van der Waals surface area contributed by atoms with Crippen LogP contribution in [-0.4, -0.2) is 9.97 Å². The van der Waals surface area contributed by atoms with E-state index >= 15 is 0 Å². The molecule has 0 aliphatic carbocycles. The monoisotopic (exact) mass is 383 g/mol. The van der Waals surface area contributed by atoms with Gasteiger partial charge in [0.2, 0.25) is 0 Å². The fourth-order valence-electron chi connectivity index (χ4n) is 2.33. The van der Waals surface area contributed by atoms with E-state index in [1.807, 2.05) is 0 Å². The standard InChI is InChI=1S/C18H11F6N3/c19-17(20,21)12-5-1-11(2-6-12)16-26-14(9-15(27-16)18(22,23)24)10-3-7-13(25)8-4-10/h1-9H,25H2. The normalized spacial score (nSPS) is 12.2. The van der Waals surface area contributed by atoms with E-state index in [4.69, 9.17) is 5.73 Å². The van der Waals surface area contributed by atoms with E-state index in [9.17, 15) is 26.3 Å². The molecule has 0 fully saturated rings. The summed E-state index contributed by atoms with van der Waals surface area (Å²) >= 11 is 0. The van der Waals surface area contributed by atoms with E-state index in [0.717, 1.165) is 30.3 Å². The molecule has 0 radical (unpaired) electrons. The minimum atomic E-state index is -4.74. The summed E-state index contributed by atoms with van der Waals surface area (Å²) in [6, 6.07) is 10.4. The van der Waals surface area contributed by atoms with Crippen LogP contribution in [0.3, 0.4) is 0 Å². The van der Waals surface area contributed by atoms with Crippen LogP contribution in [0.4, 0.5) is 32.0 Å². The predicted molar refractivity (Wildman–Crippen MR) is 87.3 cm³/mol. The van der Waals surface area contributed by atoms with Gasteiger partial charge < -0.3 is 5.73 Å². The van der Waals surface area contributed by atoms with E-state index in [0.29, 0.717) is 11.3 Å². The maximum Gasteiger partial charge on any atom is 0.433 e. The summed E-state index contributed by atoms with van der Waals surface area (Å²) in [6.45, 7) is 0. The van der Waals surface area contributed by atoms with E-state index in [1.165, 1.54) is 24.3 Å². The predicted octanol–water partition coefficient (Wildman–Crippen LogP) is 5.43. The van der Waals surface area contributed by atoms with Crippen molar-refractivity contribution in [1.82, 2.24) is 9.97 Å². The molecule has 140 valence electrons. The van der Waals surface area contributed by atoms with E-state index in [2.05, 4.69) is 9.97 Å². The Morgan fingerprint density at radius 1 is 0.667 bits per heavy atom. The van der Waals surface area contributed by atoms with Crippen LogP contribution in [0, 0.1) is 0 Å². The van der Waals surface area contributed by atoms with Crippen LogP contribution < -0.4 is 5.73 Å². The molecule has 0 amide bonds. The number of anilines is 1. The molecular weight excluding hydrogens is 372 g/mol. The third-order valence-corrected chi connectivity index (χ3v) is 3.69. The van der Waals surface area contributed by atoms with Gasteiger partial charge in [-0.2, -0.15) is 26.3 Å². The van der Waals surface area contributed by atoms with E-state index < -0.39 is 23.6 Å². The van der Waals surface area contributed by atoms with Crippen molar-refractivity contribution in [2.75, 3.05) is 5.73 Å². The molecule has 3 rings (SSSR count). The number of alkyl halides is 6. The van der Waals surface area contributed by atoms with Crippen molar-refractivity contribution in [3.63, 3.8) is 0 Å². The number of nitrogen functional groups attached to an aromatic ring is 1. The molecule has 0 aliphatic rings. The molecule has 2 N–H and O–H groups in total. The highest BCUT2D eigenvalue weighted by Crippen LogP contribution is 2.34. The fraction of sp³-hybridized carbons (Fsp3) is 0.111. The van der Waals surface area contributed by atoms with Gasteiger partial charge in [-0.15, -0.1) is 0 Å². The summed E-state index contributed by atoms with van der Waals surface area (Å²) in [7, 11) is 0. The minimum absolute atomic E-state index is 0.0211. The van der Waals surface area contributed by atoms with Gasteiger partial charge in [-0.25, -0.2) is 9.97 Å². The van der Waals surface area contributed by atoms with Crippen molar-refractivity contribution in [2.24, 2.45) is 0 Å². The summed E-state index contributed by atoms with van der Waals surface area (Å²) in [5, 5.41) is 0. The van der Waals surface area contributed by atoms with Gasteiger partial charge in [-0.3, -0.25) is 0 Å². The molecule has 1 aromatic heterocycles. The number of nitrogens with zero attached hydrogens (tertiary/aromatic N) is 2. The summed E-state index contributed by atoms with van der Waals surface area (Å²) in [6.07, 6.45) is -9.30. The number of rotatable bonds is 2. The second-order valence-corrected chi connectivity index (χ2v) is 5.66. The van der Waals surface area contributed by atoms with Crippen LogP contribution in [-0.2, 0) is 12.4 Å². The maximum atomic E-state index is 13.2. The summed E-state index contributed by atoms with van der Waals surface area (Å²) < 4.78 is 77.6. The topological polar surface area (TPSA) is 51.8 Å². The average molecular weight is 383 g/mol. The fourth-order valence-corrected chi connectivity index (χ4v) is 2.33. The molecule has 0 aliphatic heterocycles. The second kappa shape index (κ2) is 6.57. The molecule has 2 aromatic carbocycles. The van der Waals surface area contributed by atoms with Gasteiger partial charge in [0.15, 0.2) is 5.82 Å². The van der Waals surface area contributed by atoms with Crippen LogP contribution in [0.25, 0.3) is 22.6 Å².